The third-order valence-electron chi connectivity index (χ3n) is 2.61. The van der Waals surface area contributed by atoms with E-state index in [1.165, 1.54) is 0 Å². The first-order valence-electron chi connectivity index (χ1n) is 5.69. The summed E-state index contributed by atoms with van der Waals surface area (Å²) in [6.07, 6.45) is -3.68. The molecule has 0 fully saturated rings. The summed E-state index contributed by atoms with van der Waals surface area (Å²) in [7, 11) is 0. The van der Waals surface area contributed by atoms with E-state index in [0.717, 1.165) is 10.9 Å². The van der Waals surface area contributed by atoms with Crippen molar-refractivity contribution >= 4 is 29.5 Å². The van der Waals surface area contributed by atoms with Crippen LogP contribution in [-0.4, -0.2) is 22.7 Å². The monoisotopic (exact) mass is 374 g/mol. The third kappa shape index (κ3) is 3.73. The second-order valence-electron chi connectivity index (χ2n) is 4.11. The first kappa shape index (κ1) is 17.5. The maximum Gasteiger partial charge on any atom is 0.416 e. The molecule has 124 valence electrons. The second-order valence-corrected chi connectivity index (χ2v) is 4.92. The minimum atomic E-state index is -4.67. The zero-order valence-corrected chi connectivity index (χ0v) is 12.3. The first-order valence-corrected chi connectivity index (χ1v) is 6.45. The van der Waals surface area contributed by atoms with Gasteiger partial charge in [0.2, 0.25) is 0 Å². The summed E-state index contributed by atoms with van der Waals surface area (Å²) >= 11 is 11.5. The molecule has 0 radical (unpaired) electrons. The Kier molecular flexibility index (Phi) is 4.81. The largest absolute Gasteiger partial charge is 0.431 e. The van der Waals surface area contributed by atoms with Crippen LogP contribution in [0.2, 0.25) is 10.0 Å². The van der Waals surface area contributed by atoms with E-state index in [4.69, 9.17) is 23.2 Å². The topological polar surface area (TPSA) is 44.1 Å². The van der Waals surface area contributed by atoms with E-state index in [1.807, 2.05) is 0 Å². The van der Waals surface area contributed by atoms with Gasteiger partial charge in [0.1, 0.15) is 5.69 Å². The summed E-state index contributed by atoms with van der Waals surface area (Å²) in [5, 5.41) is 2.73. The molecule has 0 N–H and O–H groups in total. The molecule has 2 rings (SSSR count). The van der Waals surface area contributed by atoms with Gasteiger partial charge in [-0.05, 0) is 12.1 Å². The van der Waals surface area contributed by atoms with Gasteiger partial charge < -0.3 is 4.74 Å². The number of hydrogen-bond donors (Lipinski definition) is 0. The highest BCUT2D eigenvalue weighted by Crippen LogP contribution is 2.38. The van der Waals surface area contributed by atoms with E-state index >= 15 is 0 Å². The molecule has 2 aromatic rings. The number of aromatic nitrogens is 2. The van der Waals surface area contributed by atoms with E-state index in [-0.39, 0.29) is 12.0 Å². The highest BCUT2D eigenvalue weighted by Gasteiger charge is 2.32. The molecule has 0 saturated heterocycles. The summed E-state index contributed by atoms with van der Waals surface area (Å²) < 4.78 is 67.3. The molecular weight excluding hydrogens is 370 g/mol. The van der Waals surface area contributed by atoms with E-state index < -0.39 is 39.8 Å². The van der Waals surface area contributed by atoms with Crippen molar-refractivity contribution in [2.45, 2.75) is 12.8 Å². The van der Waals surface area contributed by atoms with Crippen LogP contribution >= 0.6 is 23.2 Å². The molecule has 1 aromatic heterocycles. The second kappa shape index (κ2) is 6.32. The fraction of sp³-hybridized carbons (Fsp3) is 0.167. The van der Waals surface area contributed by atoms with Crippen molar-refractivity contribution in [3.05, 3.63) is 39.6 Å². The number of halogens is 7. The minimum Gasteiger partial charge on any atom is -0.431 e. The lowest BCUT2D eigenvalue weighted by molar-refractivity contribution is -0.137. The molecule has 0 aliphatic carbocycles. The molecule has 0 atom stereocenters. The number of aldehydes is 1. The number of nitrogens with zero attached hydrogens (tertiary/aromatic N) is 2. The maximum atomic E-state index is 12.7. The maximum absolute atomic E-state index is 12.7. The zero-order valence-electron chi connectivity index (χ0n) is 10.7. The number of alkyl halides is 5. The van der Waals surface area contributed by atoms with Crippen molar-refractivity contribution in [3.8, 4) is 11.4 Å². The molecule has 0 spiro atoms. The number of carbonyl (C=O) groups excluding carboxylic acids is 1. The zero-order chi connectivity index (χ0) is 17.4. The summed E-state index contributed by atoms with van der Waals surface area (Å²) in [4.78, 5) is 10.8. The van der Waals surface area contributed by atoms with E-state index in [1.54, 1.807) is 0 Å². The van der Waals surface area contributed by atoms with Crippen LogP contribution in [0.15, 0.2) is 18.3 Å². The van der Waals surface area contributed by atoms with Crippen molar-refractivity contribution in [1.29, 1.82) is 0 Å². The molecule has 4 nitrogen and oxygen atoms in total. The lowest BCUT2D eigenvalue weighted by Crippen LogP contribution is -2.07. The predicted molar refractivity (Wildman–Crippen MR) is 70.6 cm³/mol. The SMILES string of the molecule is O=Cc1nn(-c2c(Cl)cc(C(F)(F)F)cc2Cl)cc1OC(F)F. The van der Waals surface area contributed by atoms with Crippen molar-refractivity contribution < 1.29 is 31.5 Å². The molecule has 11 heteroatoms. The van der Waals surface area contributed by atoms with Crippen molar-refractivity contribution in [2.24, 2.45) is 0 Å². The Bertz CT molecular complexity index is 723. The van der Waals surface area contributed by atoms with Crippen LogP contribution in [0, 0.1) is 0 Å². The number of carbonyl (C=O) groups is 1. The van der Waals surface area contributed by atoms with Gasteiger partial charge in [0.25, 0.3) is 0 Å². The van der Waals surface area contributed by atoms with Gasteiger partial charge in [0.15, 0.2) is 17.7 Å². The van der Waals surface area contributed by atoms with Crippen LogP contribution < -0.4 is 4.74 Å². The Labute approximate surface area is 135 Å². The molecule has 0 amide bonds. The normalized spacial score (nSPS) is 11.8. The molecule has 0 unspecified atom stereocenters. The molecule has 0 bridgehead atoms. The van der Waals surface area contributed by atoms with Gasteiger partial charge in [0.05, 0.1) is 21.8 Å². The molecule has 0 aliphatic heterocycles. The van der Waals surface area contributed by atoms with Gasteiger partial charge in [-0.1, -0.05) is 23.2 Å². The lowest BCUT2D eigenvalue weighted by atomic mass is 10.2. The summed E-state index contributed by atoms with van der Waals surface area (Å²) in [6.45, 7) is -3.22. The molecule has 0 saturated carbocycles. The van der Waals surface area contributed by atoms with Crippen LogP contribution in [0.1, 0.15) is 16.1 Å². The molecule has 0 aliphatic rings. The van der Waals surface area contributed by atoms with E-state index in [9.17, 15) is 26.7 Å². The Balaban J connectivity index is 2.55. The number of ether oxygens (including phenoxy) is 1. The van der Waals surface area contributed by atoms with Crippen LogP contribution in [-0.2, 0) is 6.18 Å². The van der Waals surface area contributed by atoms with E-state index in [0.29, 0.717) is 12.1 Å². The Hall–Kier alpha value is -1.87. The van der Waals surface area contributed by atoms with Crippen molar-refractivity contribution in [2.75, 3.05) is 0 Å². The van der Waals surface area contributed by atoms with Crippen LogP contribution in [0.25, 0.3) is 5.69 Å². The van der Waals surface area contributed by atoms with Gasteiger partial charge in [-0.2, -0.15) is 27.1 Å². The first-order chi connectivity index (χ1) is 10.6. The highest BCUT2D eigenvalue weighted by atomic mass is 35.5. The average molecular weight is 375 g/mol. The van der Waals surface area contributed by atoms with Gasteiger partial charge in [-0.15, -0.1) is 0 Å². The minimum absolute atomic E-state index is 0.139. The predicted octanol–water partition coefficient (Wildman–Crippen LogP) is 4.61. The molecule has 1 aromatic carbocycles. The van der Waals surface area contributed by atoms with Crippen LogP contribution in [0.4, 0.5) is 22.0 Å². The van der Waals surface area contributed by atoms with Crippen LogP contribution in [0.3, 0.4) is 0 Å². The van der Waals surface area contributed by atoms with Gasteiger partial charge in [-0.3, -0.25) is 4.79 Å². The lowest BCUT2D eigenvalue weighted by Gasteiger charge is -2.12. The number of hydrogen-bond acceptors (Lipinski definition) is 3. The van der Waals surface area contributed by atoms with Crippen molar-refractivity contribution in [1.82, 2.24) is 9.78 Å². The Morgan fingerprint density at radius 3 is 2.22 bits per heavy atom. The molecule has 1 heterocycles. The summed E-state index contributed by atoms with van der Waals surface area (Å²) in [5.74, 6) is -0.568. The van der Waals surface area contributed by atoms with Gasteiger partial charge >= 0.3 is 12.8 Å². The summed E-state index contributed by atoms with van der Waals surface area (Å²) in [5.41, 5.74) is -1.80. The van der Waals surface area contributed by atoms with Gasteiger partial charge in [-0.25, -0.2) is 4.68 Å². The Morgan fingerprint density at radius 1 is 1.22 bits per heavy atom. The third-order valence-corrected chi connectivity index (χ3v) is 3.18. The van der Waals surface area contributed by atoms with Crippen molar-refractivity contribution in [3.63, 3.8) is 0 Å². The molecular formula is C12H5Cl2F5N2O2. The fourth-order valence-corrected chi connectivity index (χ4v) is 2.36. The quantitative estimate of drug-likeness (QED) is 0.579. The van der Waals surface area contributed by atoms with Crippen LogP contribution in [0.5, 0.6) is 5.75 Å². The smallest absolute Gasteiger partial charge is 0.416 e. The number of rotatable bonds is 4. The highest BCUT2D eigenvalue weighted by molar-refractivity contribution is 6.37. The standard InChI is InChI=1S/C12H5Cl2F5N2O2/c13-6-1-5(12(17,18)19)2-7(14)10(6)21-3-9(23-11(15)16)8(4-22)20-21/h1-4,11H. The van der Waals surface area contributed by atoms with E-state index in [2.05, 4.69) is 9.84 Å². The summed E-state index contributed by atoms with van der Waals surface area (Å²) in [6, 6.07) is 1.19. The van der Waals surface area contributed by atoms with Gasteiger partial charge in [0, 0.05) is 0 Å². The average Bonchev–Trinajstić information content (AvgIpc) is 2.78. The Morgan fingerprint density at radius 2 is 1.78 bits per heavy atom. The fourth-order valence-electron chi connectivity index (χ4n) is 1.70. The molecule has 23 heavy (non-hydrogen) atoms. The number of benzene rings is 1.